The summed E-state index contributed by atoms with van der Waals surface area (Å²) in [5.74, 6) is -0.296. The van der Waals surface area contributed by atoms with Crippen LogP contribution in [0.3, 0.4) is 0 Å². The number of carbonyl (C=O) groups excluding carboxylic acids is 2. The Bertz CT molecular complexity index is 126. The third kappa shape index (κ3) is 14.7. The third-order valence-corrected chi connectivity index (χ3v) is 0.858. The molecule has 80 valence electrons. The fourth-order valence-corrected chi connectivity index (χ4v) is 0.508. The van der Waals surface area contributed by atoms with Crippen molar-refractivity contribution in [2.45, 2.75) is 26.7 Å². The van der Waals surface area contributed by atoms with Crippen molar-refractivity contribution in [2.24, 2.45) is 0 Å². The summed E-state index contributed by atoms with van der Waals surface area (Å²) in [6.07, 6.45) is 4.83. The van der Waals surface area contributed by atoms with E-state index in [1.165, 1.54) is 0 Å². The molecule has 2 amide bonds. The van der Waals surface area contributed by atoms with Crippen LogP contribution < -0.4 is 5.32 Å². The number of hydrogen-bond acceptors (Lipinski definition) is 3. The number of hydrogen-bond donors (Lipinski definition) is 1. The molecule has 0 spiro atoms. The van der Waals surface area contributed by atoms with Crippen LogP contribution >= 0.6 is 25.3 Å². The molecule has 1 N–H and O–H groups in total. The molecular formula is C8H19NO2S2. The zero-order chi connectivity index (χ0) is 9.98. The summed E-state index contributed by atoms with van der Waals surface area (Å²) in [4.78, 5) is 20.2. The first kappa shape index (κ1) is 18.6. The third-order valence-electron chi connectivity index (χ3n) is 0.858. The van der Waals surface area contributed by atoms with Gasteiger partial charge in [-0.2, -0.15) is 25.3 Å². The Labute approximate surface area is 91.5 Å². The average Bonchev–Trinajstić information content (AvgIpc) is 2.40. The Morgan fingerprint density at radius 3 is 1.38 bits per heavy atom. The molecule has 0 aromatic carbocycles. The molecule has 0 radical (unpaired) electrons. The van der Waals surface area contributed by atoms with Gasteiger partial charge in [0.05, 0.1) is 0 Å². The highest BCUT2D eigenvalue weighted by molar-refractivity contribution is 7.97. The van der Waals surface area contributed by atoms with Crippen LogP contribution in [-0.4, -0.2) is 24.3 Å². The van der Waals surface area contributed by atoms with Crippen LogP contribution in [0.4, 0.5) is 0 Å². The van der Waals surface area contributed by atoms with Crippen molar-refractivity contribution < 1.29 is 9.59 Å². The van der Waals surface area contributed by atoms with Crippen molar-refractivity contribution in [3.8, 4) is 0 Å². The molecular weight excluding hydrogens is 206 g/mol. The Hall–Kier alpha value is -0.160. The van der Waals surface area contributed by atoms with Gasteiger partial charge in [-0.3, -0.25) is 14.9 Å². The first-order chi connectivity index (χ1) is 5.70. The zero-order valence-electron chi connectivity index (χ0n) is 8.64. The molecule has 0 atom stereocenters. The van der Waals surface area contributed by atoms with E-state index in [4.69, 9.17) is 0 Å². The molecule has 0 aliphatic carbocycles. The number of thioether (sulfide) groups is 1. The fourth-order valence-electron chi connectivity index (χ4n) is 0.508. The molecule has 0 aromatic heterocycles. The van der Waals surface area contributed by atoms with Crippen LogP contribution in [0.5, 0.6) is 0 Å². The lowest BCUT2D eigenvalue weighted by atomic mass is 10.4. The second-order valence-corrected chi connectivity index (χ2v) is 2.70. The van der Waals surface area contributed by atoms with Gasteiger partial charge in [0.2, 0.25) is 11.8 Å². The second-order valence-electron chi connectivity index (χ2n) is 1.88. The molecule has 5 heteroatoms. The molecule has 3 nitrogen and oxygen atoms in total. The van der Waals surface area contributed by atoms with Crippen molar-refractivity contribution in [3.63, 3.8) is 0 Å². The minimum Gasteiger partial charge on any atom is -0.296 e. The largest absolute Gasteiger partial charge is 0.296 e. The van der Waals surface area contributed by atoms with E-state index in [1.807, 2.05) is 26.4 Å². The molecule has 1 aliphatic heterocycles. The maximum absolute atomic E-state index is 10.1. The predicted molar refractivity (Wildman–Crippen MR) is 63.6 cm³/mol. The van der Waals surface area contributed by atoms with Crippen molar-refractivity contribution in [2.75, 3.05) is 12.5 Å². The van der Waals surface area contributed by atoms with E-state index in [0.717, 1.165) is 0 Å². The van der Waals surface area contributed by atoms with Crippen LogP contribution in [0.1, 0.15) is 26.7 Å². The number of imide groups is 1. The van der Waals surface area contributed by atoms with Gasteiger partial charge in [0.15, 0.2) is 0 Å². The summed E-state index contributed by atoms with van der Waals surface area (Å²) >= 11 is 1.75. The Morgan fingerprint density at radius 2 is 1.31 bits per heavy atom. The molecule has 1 saturated heterocycles. The number of amides is 2. The maximum Gasteiger partial charge on any atom is 0.227 e. The number of rotatable bonds is 0. The summed E-state index contributed by atoms with van der Waals surface area (Å²) in [6, 6.07) is 0. The average molecular weight is 225 g/mol. The topological polar surface area (TPSA) is 46.2 Å². The lowest BCUT2D eigenvalue weighted by Gasteiger charge is -1.79. The first-order valence-corrected chi connectivity index (χ1v) is 5.56. The van der Waals surface area contributed by atoms with E-state index < -0.39 is 0 Å². The van der Waals surface area contributed by atoms with E-state index in [0.29, 0.717) is 12.8 Å². The Morgan fingerprint density at radius 1 is 1.08 bits per heavy atom. The minimum atomic E-state index is -0.148. The second kappa shape index (κ2) is 14.4. The number of nitrogens with one attached hydrogen (secondary N) is 1. The van der Waals surface area contributed by atoms with Crippen molar-refractivity contribution in [1.82, 2.24) is 5.32 Å². The van der Waals surface area contributed by atoms with Crippen LogP contribution in [0.15, 0.2) is 0 Å². The highest BCUT2D eigenvalue weighted by Gasteiger charge is 2.15. The van der Waals surface area contributed by atoms with Crippen LogP contribution in [-0.2, 0) is 9.59 Å². The molecule has 0 aromatic rings. The van der Waals surface area contributed by atoms with Crippen molar-refractivity contribution in [3.05, 3.63) is 0 Å². The normalized spacial score (nSPS) is 12.6. The quantitative estimate of drug-likeness (QED) is 0.636. The molecule has 0 unspecified atom stereocenters. The van der Waals surface area contributed by atoms with Crippen molar-refractivity contribution >= 4 is 37.1 Å². The van der Waals surface area contributed by atoms with E-state index >= 15 is 0 Å². The van der Waals surface area contributed by atoms with Gasteiger partial charge in [-0.25, -0.2) is 0 Å². The Kier molecular flexibility index (Phi) is 20.5. The van der Waals surface area contributed by atoms with Crippen molar-refractivity contribution in [1.29, 1.82) is 0 Å². The Balaban J connectivity index is -0.000000146. The van der Waals surface area contributed by atoms with Gasteiger partial charge in [0.1, 0.15) is 0 Å². The summed E-state index contributed by atoms with van der Waals surface area (Å²) in [6.45, 7) is 4.00. The standard InChI is InChI=1S/C4H5NO2.C2H6S.C2H6.H2S/c6-3-1-2-4(7)5-3;1-3-2;1-2;/h1-2H2,(H,5,6,7);1-2H3;1-2H3;1H2. The monoisotopic (exact) mass is 225 g/mol. The van der Waals surface area contributed by atoms with E-state index in [-0.39, 0.29) is 25.3 Å². The molecule has 13 heavy (non-hydrogen) atoms. The fraction of sp³-hybridized carbons (Fsp3) is 0.750. The molecule has 0 saturated carbocycles. The molecule has 1 fully saturated rings. The van der Waals surface area contributed by atoms with Gasteiger partial charge in [0, 0.05) is 12.8 Å². The van der Waals surface area contributed by atoms with Gasteiger partial charge < -0.3 is 0 Å². The summed E-state index contributed by atoms with van der Waals surface area (Å²) in [5, 5.41) is 2.14. The zero-order valence-corrected chi connectivity index (χ0v) is 10.5. The highest BCUT2D eigenvalue weighted by atomic mass is 32.2. The minimum absolute atomic E-state index is 0. The van der Waals surface area contributed by atoms with Crippen LogP contribution in [0, 0.1) is 0 Å². The van der Waals surface area contributed by atoms with Gasteiger partial charge in [-0.05, 0) is 12.5 Å². The van der Waals surface area contributed by atoms with E-state index in [9.17, 15) is 9.59 Å². The van der Waals surface area contributed by atoms with E-state index in [1.54, 1.807) is 11.8 Å². The highest BCUT2D eigenvalue weighted by Crippen LogP contribution is 1.95. The molecule has 1 heterocycles. The lowest BCUT2D eigenvalue weighted by Crippen LogP contribution is -2.18. The molecule has 1 aliphatic rings. The van der Waals surface area contributed by atoms with Gasteiger partial charge in [-0.15, -0.1) is 0 Å². The molecule has 1 rings (SSSR count). The van der Waals surface area contributed by atoms with Crippen LogP contribution in [0.25, 0.3) is 0 Å². The number of carbonyl (C=O) groups is 2. The van der Waals surface area contributed by atoms with Gasteiger partial charge in [0.25, 0.3) is 0 Å². The predicted octanol–water partition coefficient (Wildman–Crippen LogP) is 1.54. The van der Waals surface area contributed by atoms with Gasteiger partial charge >= 0.3 is 0 Å². The van der Waals surface area contributed by atoms with Crippen LogP contribution in [0.2, 0.25) is 0 Å². The van der Waals surface area contributed by atoms with Gasteiger partial charge in [-0.1, -0.05) is 13.8 Å². The maximum atomic E-state index is 10.1. The summed E-state index contributed by atoms with van der Waals surface area (Å²) in [7, 11) is 0. The first-order valence-electron chi connectivity index (χ1n) is 3.93. The van der Waals surface area contributed by atoms with E-state index in [2.05, 4.69) is 5.32 Å². The lowest BCUT2D eigenvalue weighted by molar-refractivity contribution is -0.124. The smallest absolute Gasteiger partial charge is 0.227 e. The summed E-state index contributed by atoms with van der Waals surface area (Å²) < 4.78 is 0. The summed E-state index contributed by atoms with van der Waals surface area (Å²) in [5.41, 5.74) is 0. The molecule has 0 bridgehead atoms. The SMILES string of the molecule is CC.CSC.O=C1CCC(=O)N1.S.